The first-order chi connectivity index (χ1) is 14.0. The van der Waals surface area contributed by atoms with Crippen molar-refractivity contribution in [2.75, 3.05) is 48.7 Å². The normalized spacial score (nSPS) is 33.1. The summed E-state index contributed by atoms with van der Waals surface area (Å²) in [5.41, 5.74) is 7.35. The van der Waals surface area contributed by atoms with E-state index < -0.39 is 0 Å². The average Bonchev–Trinajstić information content (AvgIpc) is 2.69. The van der Waals surface area contributed by atoms with Crippen LogP contribution in [0.25, 0.3) is 0 Å². The van der Waals surface area contributed by atoms with Crippen LogP contribution in [-0.2, 0) is 4.74 Å². The van der Waals surface area contributed by atoms with Crippen LogP contribution in [0.5, 0.6) is 0 Å². The maximum Gasteiger partial charge on any atom is 0.409 e. The van der Waals surface area contributed by atoms with E-state index >= 15 is 0 Å². The van der Waals surface area contributed by atoms with Gasteiger partial charge in [0, 0.05) is 31.7 Å². The largest absolute Gasteiger partial charge is 0.450 e. The molecule has 0 radical (unpaired) electrons. The topological polar surface area (TPSA) is 96.6 Å². The summed E-state index contributed by atoms with van der Waals surface area (Å²) < 4.78 is 5.11. The number of aromatic nitrogens is 2. The summed E-state index contributed by atoms with van der Waals surface area (Å²) >= 11 is 0. The van der Waals surface area contributed by atoms with E-state index in [1.165, 1.54) is 38.5 Å². The number of nitrogens with two attached hydrogens (primary N) is 1. The summed E-state index contributed by atoms with van der Waals surface area (Å²) in [5.74, 6) is 4.16. The minimum absolute atomic E-state index is 0.164. The minimum Gasteiger partial charge on any atom is -0.450 e. The van der Waals surface area contributed by atoms with Gasteiger partial charge in [-0.3, -0.25) is 0 Å². The second-order valence-electron chi connectivity index (χ2n) is 9.46. The highest BCUT2D eigenvalue weighted by molar-refractivity contribution is 5.76. The highest BCUT2D eigenvalue weighted by atomic mass is 16.6. The highest BCUT2D eigenvalue weighted by Crippen LogP contribution is 2.56. The lowest BCUT2D eigenvalue weighted by Crippen LogP contribution is -2.55. The Kier molecular flexibility index (Phi) is 4.67. The molecule has 1 amide bonds. The van der Waals surface area contributed by atoms with E-state index in [4.69, 9.17) is 10.5 Å². The Morgan fingerprint density at radius 1 is 1.14 bits per heavy atom. The van der Waals surface area contributed by atoms with Crippen LogP contribution in [0, 0.1) is 17.8 Å². The lowest BCUT2D eigenvalue weighted by molar-refractivity contribution is 0.0106. The van der Waals surface area contributed by atoms with E-state index in [-0.39, 0.29) is 11.6 Å². The van der Waals surface area contributed by atoms with E-state index in [0.29, 0.717) is 38.5 Å². The van der Waals surface area contributed by atoms with Gasteiger partial charge in [-0.25, -0.2) is 14.8 Å². The van der Waals surface area contributed by atoms with Crippen molar-refractivity contribution >= 4 is 23.4 Å². The van der Waals surface area contributed by atoms with Crippen LogP contribution in [0.4, 0.5) is 22.1 Å². The van der Waals surface area contributed by atoms with Crippen molar-refractivity contribution in [3.05, 3.63) is 6.33 Å². The van der Waals surface area contributed by atoms with Crippen molar-refractivity contribution in [2.45, 2.75) is 51.0 Å². The molecule has 8 heteroatoms. The van der Waals surface area contributed by atoms with Crippen molar-refractivity contribution in [2.24, 2.45) is 17.8 Å². The second-order valence-corrected chi connectivity index (χ2v) is 9.46. The molecule has 8 nitrogen and oxygen atoms in total. The highest BCUT2D eigenvalue weighted by Gasteiger charge is 2.51. The van der Waals surface area contributed by atoms with E-state index in [2.05, 4.69) is 20.2 Å². The van der Waals surface area contributed by atoms with Crippen molar-refractivity contribution < 1.29 is 9.53 Å². The van der Waals surface area contributed by atoms with Crippen LogP contribution in [0.1, 0.15) is 45.4 Å². The molecule has 0 spiro atoms. The number of carbonyl (C=O) groups is 1. The number of rotatable bonds is 4. The number of anilines is 3. The van der Waals surface area contributed by atoms with Crippen LogP contribution >= 0.6 is 0 Å². The Labute approximate surface area is 172 Å². The number of nitrogen functional groups attached to an aromatic ring is 1. The average molecular weight is 401 g/mol. The molecule has 0 unspecified atom stereocenters. The molecule has 4 bridgehead atoms. The van der Waals surface area contributed by atoms with Crippen LogP contribution in [0.2, 0.25) is 0 Å². The zero-order chi connectivity index (χ0) is 20.0. The number of ether oxygens (including phenoxy) is 1. The molecule has 0 atom stereocenters. The van der Waals surface area contributed by atoms with Gasteiger partial charge in [-0.2, -0.15) is 0 Å². The fourth-order valence-corrected chi connectivity index (χ4v) is 6.57. The first-order valence-electron chi connectivity index (χ1n) is 11.1. The summed E-state index contributed by atoms with van der Waals surface area (Å²) in [6, 6.07) is 0. The molecular formula is C21H32N6O2. The summed E-state index contributed by atoms with van der Waals surface area (Å²) in [7, 11) is 0. The van der Waals surface area contributed by atoms with Crippen molar-refractivity contribution in [3.63, 3.8) is 0 Å². The Morgan fingerprint density at radius 2 is 1.76 bits per heavy atom. The molecular weight excluding hydrogens is 368 g/mol. The molecule has 4 aliphatic carbocycles. The van der Waals surface area contributed by atoms with E-state index in [9.17, 15) is 4.79 Å². The molecule has 0 aromatic carbocycles. The van der Waals surface area contributed by atoms with Gasteiger partial charge in [0.05, 0.1) is 6.61 Å². The van der Waals surface area contributed by atoms with E-state index in [1.54, 1.807) is 11.2 Å². The zero-order valence-corrected chi connectivity index (χ0v) is 17.3. The van der Waals surface area contributed by atoms with Crippen molar-refractivity contribution in [1.82, 2.24) is 14.9 Å². The summed E-state index contributed by atoms with van der Waals surface area (Å²) in [6.45, 7) is 4.83. The molecule has 2 heterocycles. The number of carbonyl (C=O) groups excluding carboxylic acids is 1. The number of piperazine rings is 1. The summed E-state index contributed by atoms with van der Waals surface area (Å²) in [5, 5.41) is 3.79. The third-order valence-corrected chi connectivity index (χ3v) is 7.39. The molecule has 29 heavy (non-hydrogen) atoms. The molecule has 4 saturated carbocycles. The molecule has 6 rings (SSSR count). The van der Waals surface area contributed by atoms with Crippen LogP contribution < -0.4 is 16.0 Å². The van der Waals surface area contributed by atoms with Crippen molar-refractivity contribution in [3.8, 4) is 0 Å². The Balaban J connectivity index is 1.29. The maximum atomic E-state index is 11.9. The molecule has 1 saturated heterocycles. The second kappa shape index (κ2) is 7.22. The van der Waals surface area contributed by atoms with Gasteiger partial charge in [0.2, 0.25) is 0 Å². The maximum absolute atomic E-state index is 11.9. The molecule has 1 aromatic heterocycles. The van der Waals surface area contributed by atoms with Gasteiger partial charge < -0.3 is 25.6 Å². The monoisotopic (exact) mass is 400 g/mol. The molecule has 158 valence electrons. The number of hydrogen-bond donors (Lipinski definition) is 2. The summed E-state index contributed by atoms with van der Waals surface area (Å²) in [6.07, 6.45) is 9.35. The molecule has 5 aliphatic rings. The fourth-order valence-electron chi connectivity index (χ4n) is 6.57. The van der Waals surface area contributed by atoms with Gasteiger partial charge >= 0.3 is 6.09 Å². The van der Waals surface area contributed by atoms with Crippen LogP contribution in [0.15, 0.2) is 6.33 Å². The third-order valence-electron chi connectivity index (χ3n) is 7.39. The van der Waals surface area contributed by atoms with Crippen LogP contribution in [0.3, 0.4) is 0 Å². The SMILES string of the molecule is CCOC(=O)N1CCN(c2ncnc(NC34CC5CC(CC(C5)C3)C4)c2N)CC1. The number of amides is 1. The van der Waals surface area contributed by atoms with Gasteiger partial charge in [-0.15, -0.1) is 0 Å². The molecule has 5 fully saturated rings. The smallest absolute Gasteiger partial charge is 0.409 e. The first-order valence-corrected chi connectivity index (χ1v) is 11.1. The Bertz CT molecular complexity index is 741. The third kappa shape index (κ3) is 3.46. The van der Waals surface area contributed by atoms with Crippen LogP contribution in [-0.4, -0.2) is 59.3 Å². The molecule has 3 N–H and O–H groups in total. The number of nitrogens with zero attached hydrogens (tertiary/aromatic N) is 4. The summed E-state index contributed by atoms with van der Waals surface area (Å²) in [4.78, 5) is 24.8. The fraction of sp³-hybridized carbons (Fsp3) is 0.762. The van der Waals surface area contributed by atoms with E-state index in [1.807, 2.05) is 6.92 Å². The lowest BCUT2D eigenvalue weighted by Gasteiger charge is -2.57. The van der Waals surface area contributed by atoms with Gasteiger partial charge in [0.1, 0.15) is 12.0 Å². The number of hydrogen-bond acceptors (Lipinski definition) is 7. The predicted molar refractivity (Wildman–Crippen MR) is 112 cm³/mol. The molecule has 1 aliphatic heterocycles. The lowest BCUT2D eigenvalue weighted by atomic mass is 9.53. The first kappa shape index (κ1) is 18.8. The van der Waals surface area contributed by atoms with Gasteiger partial charge in [-0.1, -0.05) is 0 Å². The van der Waals surface area contributed by atoms with Gasteiger partial charge in [-0.05, 0) is 63.2 Å². The Hall–Kier alpha value is -2.25. The Morgan fingerprint density at radius 3 is 2.34 bits per heavy atom. The zero-order valence-electron chi connectivity index (χ0n) is 17.3. The van der Waals surface area contributed by atoms with Crippen molar-refractivity contribution in [1.29, 1.82) is 0 Å². The quantitative estimate of drug-likeness (QED) is 0.802. The van der Waals surface area contributed by atoms with Gasteiger partial charge in [0.25, 0.3) is 0 Å². The standard InChI is InChI=1S/C21H32N6O2/c1-2-29-20(28)27-5-3-26(4-6-27)19-17(22)18(23-13-24-19)25-21-10-14-7-15(11-21)9-16(8-14)12-21/h13-16H,2-12,22H2,1H3,(H,23,24,25). The minimum atomic E-state index is -0.244. The predicted octanol–water partition coefficient (Wildman–Crippen LogP) is 2.72. The molecule has 1 aromatic rings. The number of nitrogens with one attached hydrogen (secondary N) is 1. The van der Waals surface area contributed by atoms with E-state index in [0.717, 1.165) is 29.4 Å². The van der Waals surface area contributed by atoms with Gasteiger partial charge in [0.15, 0.2) is 11.6 Å².